The van der Waals surface area contributed by atoms with E-state index in [9.17, 15) is 4.39 Å². The molecule has 0 radical (unpaired) electrons. The predicted molar refractivity (Wildman–Crippen MR) is 89.3 cm³/mol. The molecule has 0 aliphatic carbocycles. The number of aromatic nitrogens is 2. The summed E-state index contributed by atoms with van der Waals surface area (Å²) in [6.45, 7) is 2.75. The van der Waals surface area contributed by atoms with Crippen molar-refractivity contribution in [1.82, 2.24) is 14.6 Å². The number of halogens is 1. The standard InChI is InChI=1S/C17H23FN4O/c1-4-5-6-11-23-16-8-7-14(18)12-15(16)17(20-21(2)3)22-10-9-19-13-22/h7-10,12-13H,4-6,11H2,1-3H3/b20-17+. The summed E-state index contributed by atoms with van der Waals surface area (Å²) in [6, 6.07) is 4.50. The van der Waals surface area contributed by atoms with E-state index in [1.165, 1.54) is 12.1 Å². The van der Waals surface area contributed by atoms with Crippen molar-refractivity contribution in [3.8, 4) is 5.75 Å². The summed E-state index contributed by atoms with van der Waals surface area (Å²) in [7, 11) is 3.63. The van der Waals surface area contributed by atoms with E-state index in [0.717, 1.165) is 19.3 Å². The third-order valence-corrected chi connectivity index (χ3v) is 3.23. The van der Waals surface area contributed by atoms with Crippen molar-refractivity contribution in [1.29, 1.82) is 0 Å². The highest BCUT2D eigenvalue weighted by atomic mass is 19.1. The first-order valence-corrected chi connectivity index (χ1v) is 7.78. The molecule has 1 aromatic heterocycles. The highest BCUT2D eigenvalue weighted by Gasteiger charge is 2.15. The van der Waals surface area contributed by atoms with Crippen LogP contribution >= 0.6 is 0 Å². The lowest BCUT2D eigenvalue weighted by atomic mass is 10.1. The van der Waals surface area contributed by atoms with Gasteiger partial charge in [-0.3, -0.25) is 4.57 Å². The number of imidazole rings is 1. The van der Waals surface area contributed by atoms with Gasteiger partial charge in [0.25, 0.3) is 0 Å². The molecule has 23 heavy (non-hydrogen) atoms. The Morgan fingerprint density at radius 1 is 1.35 bits per heavy atom. The van der Waals surface area contributed by atoms with Gasteiger partial charge in [0.1, 0.15) is 17.9 Å². The van der Waals surface area contributed by atoms with Crippen LogP contribution in [0.15, 0.2) is 42.0 Å². The Kier molecular flexibility index (Phi) is 6.14. The Bertz CT molecular complexity index is 638. The molecule has 0 saturated heterocycles. The first-order valence-electron chi connectivity index (χ1n) is 7.78. The average Bonchev–Trinajstić information content (AvgIpc) is 3.04. The highest BCUT2D eigenvalue weighted by Crippen LogP contribution is 2.22. The molecule has 2 aromatic rings. The normalized spacial score (nSPS) is 11.6. The molecule has 0 unspecified atom stereocenters. The van der Waals surface area contributed by atoms with Gasteiger partial charge in [-0.05, 0) is 24.6 Å². The van der Waals surface area contributed by atoms with Gasteiger partial charge in [0.05, 0.1) is 12.2 Å². The van der Waals surface area contributed by atoms with Crippen LogP contribution in [0.3, 0.4) is 0 Å². The van der Waals surface area contributed by atoms with Crippen molar-refractivity contribution in [3.05, 3.63) is 48.3 Å². The van der Waals surface area contributed by atoms with E-state index in [2.05, 4.69) is 17.0 Å². The van der Waals surface area contributed by atoms with Crippen LogP contribution in [-0.4, -0.2) is 41.1 Å². The number of ether oxygens (including phenoxy) is 1. The van der Waals surface area contributed by atoms with Crippen molar-refractivity contribution in [2.24, 2.45) is 5.10 Å². The van der Waals surface area contributed by atoms with E-state index >= 15 is 0 Å². The molecule has 0 saturated carbocycles. The van der Waals surface area contributed by atoms with Gasteiger partial charge in [-0.2, -0.15) is 5.10 Å². The summed E-state index contributed by atoms with van der Waals surface area (Å²) in [5, 5.41) is 6.13. The van der Waals surface area contributed by atoms with Crippen molar-refractivity contribution >= 4 is 5.84 Å². The van der Waals surface area contributed by atoms with E-state index in [4.69, 9.17) is 4.74 Å². The minimum Gasteiger partial charge on any atom is -0.493 e. The van der Waals surface area contributed by atoms with Crippen LogP contribution in [0.1, 0.15) is 31.7 Å². The zero-order chi connectivity index (χ0) is 16.7. The lowest BCUT2D eigenvalue weighted by Crippen LogP contribution is -2.18. The monoisotopic (exact) mass is 318 g/mol. The first kappa shape index (κ1) is 17.0. The lowest BCUT2D eigenvalue weighted by molar-refractivity contribution is 0.305. The summed E-state index contributed by atoms with van der Waals surface area (Å²) < 4.78 is 21.4. The van der Waals surface area contributed by atoms with E-state index < -0.39 is 0 Å². The van der Waals surface area contributed by atoms with Crippen molar-refractivity contribution < 1.29 is 9.13 Å². The van der Waals surface area contributed by atoms with Gasteiger partial charge in [-0.25, -0.2) is 9.37 Å². The van der Waals surface area contributed by atoms with E-state index in [0.29, 0.717) is 23.8 Å². The Morgan fingerprint density at radius 2 is 2.17 bits per heavy atom. The van der Waals surface area contributed by atoms with Gasteiger partial charge in [0.15, 0.2) is 5.84 Å². The number of rotatable bonds is 7. The van der Waals surface area contributed by atoms with Crippen LogP contribution in [-0.2, 0) is 0 Å². The minimum atomic E-state index is -0.326. The number of benzene rings is 1. The molecule has 1 aromatic carbocycles. The van der Waals surface area contributed by atoms with Crippen molar-refractivity contribution in [2.45, 2.75) is 26.2 Å². The van der Waals surface area contributed by atoms with Crippen molar-refractivity contribution in [2.75, 3.05) is 20.7 Å². The molecule has 5 nitrogen and oxygen atoms in total. The summed E-state index contributed by atoms with van der Waals surface area (Å²) >= 11 is 0. The molecule has 0 amide bonds. The first-order chi connectivity index (χ1) is 11.1. The molecule has 6 heteroatoms. The zero-order valence-electron chi connectivity index (χ0n) is 13.9. The molecule has 0 N–H and O–H groups in total. The maximum atomic E-state index is 13.8. The second kappa shape index (κ2) is 8.31. The summed E-state index contributed by atoms with van der Waals surface area (Å²) in [4.78, 5) is 4.04. The summed E-state index contributed by atoms with van der Waals surface area (Å²) in [5.41, 5.74) is 0.605. The van der Waals surface area contributed by atoms with Crippen LogP contribution in [0.5, 0.6) is 5.75 Å². The Labute approximate surface area is 136 Å². The molecule has 2 rings (SSSR count). The molecule has 0 atom stereocenters. The Balaban J connectivity index is 2.35. The van der Waals surface area contributed by atoms with Gasteiger partial charge >= 0.3 is 0 Å². The molecular weight excluding hydrogens is 295 g/mol. The van der Waals surface area contributed by atoms with Crippen molar-refractivity contribution in [3.63, 3.8) is 0 Å². The molecule has 0 bridgehead atoms. The molecule has 1 heterocycles. The number of hydrazone groups is 1. The second-order valence-electron chi connectivity index (χ2n) is 5.44. The lowest BCUT2D eigenvalue weighted by Gasteiger charge is -2.16. The van der Waals surface area contributed by atoms with Crippen LogP contribution in [0.2, 0.25) is 0 Å². The van der Waals surface area contributed by atoms with E-state index in [1.807, 2.05) is 14.1 Å². The average molecular weight is 318 g/mol. The number of unbranched alkanes of at least 4 members (excludes halogenated alkanes) is 2. The largest absolute Gasteiger partial charge is 0.493 e. The summed E-state index contributed by atoms with van der Waals surface area (Å²) in [6.07, 6.45) is 8.27. The van der Waals surface area contributed by atoms with Gasteiger partial charge < -0.3 is 9.75 Å². The van der Waals surface area contributed by atoms with Crippen LogP contribution in [0.4, 0.5) is 4.39 Å². The fourth-order valence-electron chi connectivity index (χ4n) is 2.16. The molecule has 0 aliphatic heterocycles. The maximum absolute atomic E-state index is 13.8. The number of hydrogen-bond donors (Lipinski definition) is 0. The quantitative estimate of drug-likeness (QED) is 0.340. The third-order valence-electron chi connectivity index (χ3n) is 3.23. The van der Waals surface area contributed by atoms with Crippen LogP contribution in [0, 0.1) is 5.82 Å². The van der Waals surface area contributed by atoms with Gasteiger partial charge in [0, 0.05) is 26.5 Å². The second-order valence-corrected chi connectivity index (χ2v) is 5.44. The predicted octanol–water partition coefficient (Wildman–Crippen LogP) is 3.36. The topological polar surface area (TPSA) is 42.6 Å². The zero-order valence-corrected chi connectivity index (χ0v) is 13.9. The fourth-order valence-corrected chi connectivity index (χ4v) is 2.16. The van der Waals surface area contributed by atoms with E-state index in [1.54, 1.807) is 34.4 Å². The third kappa shape index (κ3) is 4.81. The minimum absolute atomic E-state index is 0.326. The van der Waals surface area contributed by atoms with Crippen LogP contribution in [0.25, 0.3) is 0 Å². The SMILES string of the molecule is CCCCCOc1ccc(F)cc1/C(=N\N(C)C)n1ccnc1. The number of nitrogens with zero attached hydrogens (tertiary/aromatic N) is 4. The Hall–Kier alpha value is -2.37. The molecule has 0 aliphatic rings. The fraction of sp³-hybridized carbons (Fsp3) is 0.412. The van der Waals surface area contributed by atoms with Gasteiger partial charge in [0.2, 0.25) is 0 Å². The summed E-state index contributed by atoms with van der Waals surface area (Å²) in [5.74, 6) is 0.863. The molecular formula is C17H23FN4O. The van der Waals surface area contributed by atoms with Gasteiger partial charge in [-0.1, -0.05) is 19.8 Å². The van der Waals surface area contributed by atoms with E-state index in [-0.39, 0.29) is 5.82 Å². The molecule has 124 valence electrons. The maximum Gasteiger partial charge on any atom is 0.169 e. The smallest absolute Gasteiger partial charge is 0.169 e. The highest BCUT2D eigenvalue weighted by molar-refractivity contribution is 6.02. The van der Waals surface area contributed by atoms with Gasteiger partial charge in [-0.15, -0.1) is 0 Å². The molecule has 0 spiro atoms. The van der Waals surface area contributed by atoms with Crippen LogP contribution < -0.4 is 4.74 Å². The molecule has 0 fully saturated rings. The Morgan fingerprint density at radius 3 is 2.83 bits per heavy atom. The number of hydrogen-bond acceptors (Lipinski definition) is 4.